The van der Waals surface area contributed by atoms with Crippen molar-refractivity contribution in [3.63, 3.8) is 0 Å². The van der Waals surface area contributed by atoms with Crippen molar-refractivity contribution in [1.82, 2.24) is 4.57 Å². The molecule has 0 N–H and O–H groups in total. The highest BCUT2D eigenvalue weighted by molar-refractivity contribution is 6.12. The molecule has 0 unspecified atom stereocenters. The van der Waals surface area contributed by atoms with Gasteiger partial charge in [-0.15, -0.1) is 0 Å². The summed E-state index contributed by atoms with van der Waals surface area (Å²) in [4.78, 5) is 0. The van der Waals surface area contributed by atoms with Gasteiger partial charge in [-0.2, -0.15) is 0 Å². The molecule has 306 valence electrons. The topological polar surface area (TPSA) is 4.93 Å². The highest BCUT2D eigenvalue weighted by atomic mass is 15.0. The molecule has 0 saturated heterocycles. The molecule has 5 aromatic rings. The third-order valence-corrected chi connectivity index (χ3v) is 14.7. The number of nitrogens with zero attached hydrogens (tertiary/aromatic N) is 1. The van der Waals surface area contributed by atoms with E-state index >= 15 is 0 Å². The second-order valence-corrected chi connectivity index (χ2v) is 18.5. The normalized spacial score (nSPS) is 14.7. The molecule has 0 bridgehead atoms. The molecule has 4 aromatic carbocycles. The Labute approximate surface area is 348 Å². The zero-order valence-corrected chi connectivity index (χ0v) is 37.1. The molecule has 1 nitrogen and oxygen atoms in total. The van der Waals surface area contributed by atoms with Gasteiger partial charge < -0.3 is 4.57 Å². The van der Waals surface area contributed by atoms with E-state index in [2.05, 4.69) is 112 Å². The van der Waals surface area contributed by atoms with Gasteiger partial charge in [-0.05, 0) is 101 Å². The SMILES string of the molecule is CCCCCCn1c2cc3c(cc2c2cc4c(cc21)-c1ccccc1C4(CCCCCC)CCCCCC)C(CCCCCC)(CCCCCC)c1ccccc1-3. The van der Waals surface area contributed by atoms with E-state index in [1.807, 2.05) is 0 Å². The smallest absolute Gasteiger partial charge is 0.0497 e. The van der Waals surface area contributed by atoms with Crippen LogP contribution in [0, 0.1) is 0 Å². The van der Waals surface area contributed by atoms with Crippen molar-refractivity contribution in [2.45, 2.75) is 206 Å². The van der Waals surface area contributed by atoms with Crippen molar-refractivity contribution in [2.24, 2.45) is 0 Å². The predicted octanol–water partition coefficient (Wildman–Crippen LogP) is 17.8. The summed E-state index contributed by atoms with van der Waals surface area (Å²) < 4.78 is 2.77. The van der Waals surface area contributed by atoms with Gasteiger partial charge in [0.25, 0.3) is 0 Å². The van der Waals surface area contributed by atoms with E-state index in [1.165, 1.54) is 198 Å². The van der Waals surface area contributed by atoms with Crippen LogP contribution in [-0.4, -0.2) is 4.57 Å². The van der Waals surface area contributed by atoms with Crippen LogP contribution in [0.15, 0.2) is 72.8 Å². The van der Waals surface area contributed by atoms with Crippen LogP contribution >= 0.6 is 0 Å². The van der Waals surface area contributed by atoms with Crippen LogP contribution in [0.2, 0.25) is 0 Å². The van der Waals surface area contributed by atoms with Crippen LogP contribution in [0.1, 0.15) is 211 Å². The minimum Gasteiger partial charge on any atom is -0.340 e. The zero-order valence-electron chi connectivity index (χ0n) is 37.1. The standard InChI is InChI=1S/C56H77N/c1-6-11-16-25-34-55(35-26-17-12-7-2)49-32-23-21-30-43(49)45-41-53-47(39-51(45)55)48-40-52-46(42-54(48)57(53)38-29-20-15-10-5)44-31-22-24-33-50(44)56(52,36-27-18-13-8-3)37-28-19-14-9-4/h21-24,30-33,39-42H,6-20,25-29,34-38H2,1-5H3. The Hall–Kier alpha value is -3.32. The van der Waals surface area contributed by atoms with E-state index in [0.717, 1.165) is 6.54 Å². The molecule has 0 amide bonds. The van der Waals surface area contributed by atoms with E-state index in [-0.39, 0.29) is 10.8 Å². The average molecular weight is 764 g/mol. The molecule has 0 saturated carbocycles. The molecule has 0 radical (unpaired) electrons. The van der Waals surface area contributed by atoms with E-state index in [0.29, 0.717) is 0 Å². The maximum Gasteiger partial charge on any atom is 0.0497 e. The molecule has 0 atom stereocenters. The van der Waals surface area contributed by atoms with Crippen molar-refractivity contribution in [1.29, 1.82) is 0 Å². The molecule has 1 heteroatoms. The fourth-order valence-corrected chi connectivity index (χ4v) is 11.7. The number of aromatic nitrogens is 1. The number of rotatable bonds is 25. The highest BCUT2D eigenvalue weighted by Gasteiger charge is 2.44. The predicted molar refractivity (Wildman–Crippen MR) is 251 cm³/mol. The Morgan fingerprint density at radius 2 is 0.702 bits per heavy atom. The van der Waals surface area contributed by atoms with Gasteiger partial charge in [0.05, 0.1) is 0 Å². The van der Waals surface area contributed by atoms with Crippen molar-refractivity contribution in [3.05, 3.63) is 95.1 Å². The van der Waals surface area contributed by atoms with Gasteiger partial charge in [-0.25, -0.2) is 0 Å². The fourth-order valence-electron chi connectivity index (χ4n) is 11.7. The second kappa shape index (κ2) is 19.6. The van der Waals surface area contributed by atoms with E-state index in [9.17, 15) is 0 Å². The van der Waals surface area contributed by atoms with E-state index in [1.54, 1.807) is 22.3 Å². The fraction of sp³-hybridized carbons (Fsp3) is 0.571. The summed E-state index contributed by atoms with van der Waals surface area (Å²) in [5.74, 6) is 0. The van der Waals surface area contributed by atoms with Crippen LogP contribution in [0.25, 0.3) is 44.1 Å². The Morgan fingerprint density at radius 1 is 0.351 bits per heavy atom. The van der Waals surface area contributed by atoms with Crippen LogP contribution in [0.5, 0.6) is 0 Å². The summed E-state index contributed by atoms with van der Waals surface area (Å²) in [6.07, 6.45) is 31.4. The lowest BCUT2D eigenvalue weighted by molar-refractivity contribution is 0.401. The quantitative estimate of drug-likeness (QED) is 0.0522. The lowest BCUT2D eigenvalue weighted by Gasteiger charge is -2.33. The van der Waals surface area contributed by atoms with Gasteiger partial charge in [0, 0.05) is 39.2 Å². The molecule has 1 aromatic heterocycles. The van der Waals surface area contributed by atoms with Crippen molar-refractivity contribution in [3.8, 4) is 22.3 Å². The Bertz CT molecular complexity index is 1890. The van der Waals surface area contributed by atoms with Gasteiger partial charge in [0.2, 0.25) is 0 Å². The first kappa shape index (κ1) is 41.8. The minimum absolute atomic E-state index is 0.104. The van der Waals surface area contributed by atoms with Crippen molar-refractivity contribution >= 4 is 21.8 Å². The summed E-state index contributed by atoms with van der Waals surface area (Å²) in [5.41, 5.74) is 15.7. The third-order valence-electron chi connectivity index (χ3n) is 14.7. The molecular formula is C56H77N. The first-order chi connectivity index (χ1) is 28.1. The number of benzene rings is 4. The summed E-state index contributed by atoms with van der Waals surface area (Å²) in [7, 11) is 0. The van der Waals surface area contributed by atoms with Gasteiger partial charge >= 0.3 is 0 Å². The number of hydrogen-bond acceptors (Lipinski definition) is 0. The Morgan fingerprint density at radius 3 is 1.07 bits per heavy atom. The number of unbranched alkanes of at least 4 members (excludes halogenated alkanes) is 15. The molecule has 2 aliphatic carbocycles. The van der Waals surface area contributed by atoms with E-state index in [4.69, 9.17) is 0 Å². The molecule has 0 fully saturated rings. The van der Waals surface area contributed by atoms with Gasteiger partial charge in [-0.3, -0.25) is 0 Å². The third kappa shape index (κ3) is 8.17. The summed E-state index contributed by atoms with van der Waals surface area (Å²) in [6.45, 7) is 12.9. The second-order valence-electron chi connectivity index (χ2n) is 18.5. The monoisotopic (exact) mass is 764 g/mol. The molecule has 7 rings (SSSR count). The number of fused-ring (bicyclic) bond motifs is 9. The number of aryl methyl sites for hydroxylation is 1. The van der Waals surface area contributed by atoms with Gasteiger partial charge in [0.1, 0.15) is 0 Å². The van der Waals surface area contributed by atoms with Gasteiger partial charge in [0.15, 0.2) is 0 Å². The summed E-state index contributed by atoms with van der Waals surface area (Å²) >= 11 is 0. The zero-order chi connectivity index (χ0) is 39.7. The van der Waals surface area contributed by atoms with Crippen LogP contribution in [0.3, 0.4) is 0 Å². The van der Waals surface area contributed by atoms with Gasteiger partial charge in [-0.1, -0.05) is 205 Å². The Kier molecular flexibility index (Phi) is 14.4. The summed E-state index contributed by atoms with van der Waals surface area (Å²) in [6, 6.07) is 30.2. The molecule has 57 heavy (non-hydrogen) atoms. The molecule has 0 spiro atoms. The van der Waals surface area contributed by atoms with Crippen LogP contribution in [0.4, 0.5) is 0 Å². The molecule has 0 aliphatic heterocycles. The highest BCUT2D eigenvalue weighted by Crippen LogP contribution is 2.58. The van der Waals surface area contributed by atoms with Crippen LogP contribution in [-0.2, 0) is 17.4 Å². The largest absolute Gasteiger partial charge is 0.340 e. The van der Waals surface area contributed by atoms with Crippen LogP contribution < -0.4 is 0 Å². The van der Waals surface area contributed by atoms with E-state index < -0.39 is 0 Å². The average Bonchev–Trinajstić information content (AvgIpc) is 3.79. The molecule has 1 heterocycles. The Balaban J connectivity index is 1.46. The summed E-state index contributed by atoms with van der Waals surface area (Å²) in [5, 5.41) is 3.03. The first-order valence-corrected chi connectivity index (χ1v) is 24.4. The molecule has 2 aliphatic rings. The van der Waals surface area contributed by atoms with Crippen molar-refractivity contribution < 1.29 is 0 Å². The first-order valence-electron chi connectivity index (χ1n) is 24.4. The molecular weight excluding hydrogens is 687 g/mol. The lowest BCUT2D eigenvalue weighted by Crippen LogP contribution is -2.25. The minimum atomic E-state index is 0.104. The lowest BCUT2D eigenvalue weighted by atomic mass is 9.70. The number of hydrogen-bond donors (Lipinski definition) is 0. The maximum absolute atomic E-state index is 2.77. The van der Waals surface area contributed by atoms with Crippen molar-refractivity contribution in [2.75, 3.05) is 0 Å². The maximum atomic E-state index is 2.77.